The number of aryl methyl sites for hydroxylation is 1. The largest absolute Gasteiger partial charge is 0.416 e. The number of piperidine rings is 1. The standard InChI is InChI=1S/C30H33F7N4O2/c1-18-12-22(31)2-4-25(18)26-16-23(39-10-11-40-24(17-39)3-5-27(40)42)7-9-41(26)28(43)38-8-6-19-13-20(29(32,33)34)15-21(14-19)30(35,36)37/h2,4,12-15,23-24,26H,3,5-11,16-17H2,1H3,(H,38,43)/t23-,24?,26+/m0/s1. The Labute approximate surface area is 244 Å². The molecule has 3 amide bonds. The second-order valence-corrected chi connectivity index (χ2v) is 11.6. The molecule has 1 N–H and O–H groups in total. The van der Waals surface area contributed by atoms with Crippen molar-refractivity contribution in [1.29, 1.82) is 0 Å². The molecule has 3 atom stereocenters. The molecule has 6 nitrogen and oxygen atoms in total. The van der Waals surface area contributed by atoms with Crippen LogP contribution in [-0.2, 0) is 23.6 Å². The average Bonchev–Trinajstić information content (AvgIpc) is 3.31. The lowest BCUT2D eigenvalue weighted by molar-refractivity contribution is -0.143. The van der Waals surface area contributed by atoms with Crippen LogP contribution < -0.4 is 5.32 Å². The topological polar surface area (TPSA) is 55.9 Å². The summed E-state index contributed by atoms with van der Waals surface area (Å²) in [6.45, 7) is 4.04. The quantitative estimate of drug-likeness (QED) is 0.425. The van der Waals surface area contributed by atoms with E-state index in [4.69, 9.17) is 0 Å². The number of piperazine rings is 1. The van der Waals surface area contributed by atoms with Gasteiger partial charge in [-0.25, -0.2) is 9.18 Å². The number of carbonyl (C=O) groups excluding carboxylic acids is 2. The summed E-state index contributed by atoms with van der Waals surface area (Å²) >= 11 is 0. The Morgan fingerprint density at radius 3 is 2.28 bits per heavy atom. The number of urea groups is 1. The van der Waals surface area contributed by atoms with Gasteiger partial charge in [-0.15, -0.1) is 0 Å². The SMILES string of the molecule is Cc1cc(F)ccc1[C@H]1C[C@@H](N2CCN3C(=O)CCC3C2)CCN1C(=O)NCCc1cc(C(F)(F)F)cc(C(F)(F)F)c1. The zero-order chi connectivity index (χ0) is 31.1. The van der Waals surface area contributed by atoms with Crippen molar-refractivity contribution in [2.45, 2.75) is 69.5 Å². The lowest BCUT2D eigenvalue weighted by atomic mass is 9.88. The van der Waals surface area contributed by atoms with Crippen molar-refractivity contribution in [1.82, 2.24) is 20.0 Å². The number of fused-ring (bicyclic) bond motifs is 1. The highest BCUT2D eigenvalue weighted by molar-refractivity contribution is 5.79. The number of rotatable bonds is 5. The Morgan fingerprint density at radius 2 is 1.63 bits per heavy atom. The van der Waals surface area contributed by atoms with Gasteiger partial charge in [0.15, 0.2) is 0 Å². The van der Waals surface area contributed by atoms with Gasteiger partial charge in [0, 0.05) is 51.2 Å². The van der Waals surface area contributed by atoms with E-state index in [1.54, 1.807) is 17.9 Å². The third-order valence-corrected chi connectivity index (χ3v) is 8.81. The van der Waals surface area contributed by atoms with Crippen LogP contribution in [0.5, 0.6) is 0 Å². The lowest BCUT2D eigenvalue weighted by Crippen LogP contribution is -2.57. The third-order valence-electron chi connectivity index (χ3n) is 8.81. The van der Waals surface area contributed by atoms with E-state index in [2.05, 4.69) is 10.2 Å². The Morgan fingerprint density at radius 1 is 0.930 bits per heavy atom. The monoisotopic (exact) mass is 614 g/mol. The molecule has 3 saturated heterocycles. The van der Waals surface area contributed by atoms with Crippen LogP contribution >= 0.6 is 0 Å². The highest BCUT2D eigenvalue weighted by Gasteiger charge is 2.41. The molecule has 0 radical (unpaired) electrons. The fourth-order valence-corrected chi connectivity index (χ4v) is 6.63. The zero-order valence-electron chi connectivity index (χ0n) is 23.6. The van der Waals surface area contributed by atoms with Crippen molar-refractivity contribution in [3.05, 3.63) is 70.0 Å². The molecule has 0 bridgehead atoms. The second-order valence-electron chi connectivity index (χ2n) is 11.6. The van der Waals surface area contributed by atoms with E-state index in [1.807, 2.05) is 4.90 Å². The first-order valence-corrected chi connectivity index (χ1v) is 14.3. The van der Waals surface area contributed by atoms with Crippen LogP contribution in [0, 0.1) is 12.7 Å². The van der Waals surface area contributed by atoms with Crippen LogP contribution in [0.4, 0.5) is 35.5 Å². The van der Waals surface area contributed by atoms with Crippen molar-refractivity contribution < 1.29 is 40.3 Å². The molecule has 43 heavy (non-hydrogen) atoms. The fourth-order valence-electron chi connectivity index (χ4n) is 6.63. The van der Waals surface area contributed by atoms with E-state index in [0.29, 0.717) is 56.6 Å². The predicted octanol–water partition coefficient (Wildman–Crippen LogP) is 5.94. The second kappa shape index (κ2) is 12.0. The maximum atomic E-state index is 14.0. The zero-order valence-corrected chi connectivity index (χ0v) is 23.6. The minimum Gasteiger partial charge on any atom is -0.338 e. The number of likely N-dealkylation sites (tertiary alicyclic amines) is 1. The summed E-state index contributed by atoms with van der Waals surface area (Å²) < 4.78 is 93.5. The Balaban J connectivity index is 1.29. The molecule has 1 unspecified atom stereocenters. The van der Waals surface area contributed by atoms with Gasteiger partial charge in [-0.2, -0.15) is 26.3 Å². The van der Waals surface area contributed by atoms with Gasteiger partial charge in [-0.05, 0) is 79.6 Å². The summed E-state index contributed by atoms with van der Waals surface area (Å²) in [6, 6.07) is 5.13. The Bertz CT molecular complexity index is 1330. The van der Waals surface area contributed by atoms with Crippen LogP contribution in [0.2, 0.25) is 0 Å². The minimum absolute atomic E-state index is 0.0757. The third kappa shape index (κ3) is 6.91. The van der Waals surface area contributed by atoms with Crippen LogP contribution in [-0.4, -0.2) is 71.4 Å². The first-order chi connectivity index (χ1) is 20.2. The number of hydrogen-bond donors (Lipinski definition) is 1. The molecule has 2 aromatic rings. The predicted molar refractivity (Wildman–Crippen MR) is 143 cm³/mol. The summed E-state index contributed by atoms with van der Waals surface area (Å²) in [5.41, 5.74) is -1.57. The molecule has 0 spiro atoms. The summed E-state index contributed by atoms with van der Waals surface area (Å²) in [6.07, 6.45) is -7.58. The molecule has 2 aromatic carbocycles. The van der Waals surface area contributed by atoms with E-state index in [0.717, 1.165) is 18.5 Å². The normalized spacial score (nSPS) is 23.4. The van der Waals surface area contributed by atoms with Gasteiger partial charge in [0.05, 0.1) is 17.2 Å². The van der Waals surface area contributed by atoms with Crippen LogP contribution in [0.1, 0.15) is 59.5 Å². The molecule has 3 fully saturated rings. The summed E-state index contributed by atoms with van der Waals surface area (Å²) in [4.78, 5) is 31.4. The number of benzene rings is 2. The van der Waals surface area contributed by atoms with Gasteiger partial charge in [0.25, 0.3) is 0 Å². The Kier molecular flexibility index (Phi) is 8.65. The molecule has 0 saturated carbocycles. The van der Waals surface area contributed by atoms with Gasteiger partial charge in [0.1, 0.15) is 5.82 Å². The first kappa shape index (κ1) is 31.1. The molecule has 5 rings (SSSR count). The van der Waals surface area contributed by atoms with E-state index in [9.17, 15) is 40.3 Å². The molecular formula is C30H33F7N4O2. The van der Waals surface area contributed by atoms with Crippen molar-refractivity contribution in [2.24, 2.45) is 0 Å². The van der Waals surface area contributed by atoms with E-state index < -0.39 is 41.4 Å². The van der Waals surface area contributed by atoms with Crippen LogP contribution in [0.15, 0.2) is 36.4 Å². The number of nitrogens with one attached hydrogen (secondary N) is 1. The van der Waals surface area contributed by atoms with Crippen LogP contribution in [0.25, 0.3) is 0 Å². The Hall–Kier alpha value is -3.35. The first-order valence-electron chi connectivity index (χ1n) is 14.3. The summed E-state index contributed by atoms with van der Waals surface area (Å²) in [7, 11) is 0. The van der Waals surface area contributed by atoms with E-state index in [-0.39, 0.29) is 42.6 Å². The number of amides is 3. The fraction of sp³-hybridized carbons (Fsp3) is 0.533. The summed E-state index contributed by atoms with van der Waals surface area (Å²) in [5.74, 6) is -0.235. The molecule has 3 aliphatic heterocycles. The molecule has 0 aliphatic carbocycles. The van der Waals surface area contributed by atoms with Crippen LogP contribution in [0.3, 0.4) is 0 Å². The van der Waals surface area contributed by atoms with Gasteiger partial charge in [0.2, 0.25) is 5.91 Å². The molecular weight excluding hydrogens is 581 g/mol. The van der Waals surface area contributed by atoms with E-state index >= 15 is 0 Å². The van der Waals surface area contributed by atoms with E-state index in [1.165, 1.54) is 12.1 Å². The minimum atomic E-state index is -4.95. The van der Waals surface area contributed by atoms with Gasteiger partial charge >= 0.3 is 18.4 Å². The van der Waals surface area contributed by atoms with Crippen molar-refractivity contribution in [3.8, 4) is 0 Å². The van der Waals surface area contributed by atoms with Crippen molar-refractivity contribution in [3.63, 3.8) is 0 Å². The molecule has 3 heterocycles. The average molecular weight is 615 g/mol. The summed E-state index contributed by atoms with van der Waals surface area (Å²) in [5, 5.41) is 2.67. The highest BCUT2D eigenvalue weighted by Crippen LogP contribution is 2.38. The number of alkyl halides is 6. The molecule has 13 heteroatoms. The molecule has 0 aromatic heterocycles. The van der Waals surface area contributed by atoms with Gasteiger partial charge in [-0.1, -0.05) is 6.07 Å². The smallest absolute Gasteiger partial charge is 0.338 e. The number of carbonyl (C=O) groups is 2. The van der Waals surface area contributed by atoms with Crippen molar-refractivity contribution >= 4 is 11.9 Å². The van der Waals surface area contributed by atoms with Gasteiger partial charge < -0.3 is 15.1 Å². The van der Waals surface area contributed by atoms with Crippen molar-refractivity contribution in [2.75, 3.05) is 32.7 Å². The maximum absolute atomic E-state index is 14.0. The highest BCUT2D eigenvalue weighted by atomic mass is 19.4. The number of hydrogen-bond acceptors (Lipinski definition) is 3. The molecule has 234 valence electrons. The molecule has 3 aliphatic rings. The number of nitrogens with zero attached hydrogens (tertiary/aromatic N) is 3. The number of halogens is 7. The lowest BCUT2D eigenvalue weighted by Gasteiger charge is -2.47. The maximum Gasteiger partial charge on any atom is 0.416 e. The van der Waals surface area contributed by atoms with Gasteiger partial charge in [-0.3, -0.25) is 9.69 Å².